The van der Waals surface area contributed by atoms with Gasteiger partial charge < -0.3 is 10.4 Å². The van der Waals surface area contributed by atoms with E-state index in [-0.39, 0.29) is 29.6 Å². The molecule has 1 unspecified atom stereocenters. The summed E-state index contributed by atoms with van der Waals surface area (Å²) >= 11 is 1.54. The molecule has 1 aliphatic rings. The van der Waals surface area contributed by atoms with Crippen molar-refractivity contribution in [3.63, 3.8) is 0 Å². The minimum atomic E-state index is -1.19. The fraction of sp³-hybridized carbons (Fsp3) is 0.700. The van der Waals surface area contributed by atoms with Crippen LogP contribution in [0.15, 0.2) is 4.99 Å². The fourth-order valence-electron chi connectivity index (χ4n) is 1.23. The predicted molar refractivity (Wildman–Crippen MR) is 60.9 cm³/mol. The molecular weight excluding hydrogens is 251 g/mol. The molecule has 5 nitrogen and oxygen atoms in total. The van der Waals surface area contributed by atoms with Gasteiger partial charge in [0.15, 0.2) is 0 Å². The van der Waals surface area contributed by atoms with Crippen LogP contribution >= 0.6 is 11.8 Å². The van der Waals surface area contributed by atoms with Crippen molar-refractivity contribution in [3.05, 3.63) is 0 Å². The minimum Gasteiger partial charge on any atom is -0.846 e. The van der Waals surface area contributed by atoms with Crippen molar-refractivity contribution in [2.45, 2.75) is 26.7 Å². The Bertz CT molecular complexity index is 336. The number of hydrogen-bond donors (Lipinski definition) is 1. The van der Waals surface area contributed by atoms with Crippen LogP contribution in [0.25, 0.3) is 0 Å². The number of hydrogen-bond acceptors (Lipinski definition) is 4. The molecule has 1 N–H and O–H groups in total. The Hall–Kier alpha value is -0.0400. The van der Waals surface area contributed by atoms with E-state index >= 15 is 0 Å². The number of thioether (sulfide) groups is 1. The average Bonchev–Trinajstić information content (AvgIpc) is 2.21. The van der Waals surface area contributed by atoms with E-state index in [1.807, 2.05) is 0 Å². The average molecular weight is 266 g/mol. The Kier molecular flexibility index (Phi) is 7.39. The van der Waals surface area contributed by atoms with Gasteiger partial charge in [0.25, 0.3) is 5.91 Å². The topological polar surface area (TPSA) is 81.6 Å². The van der Waals surface area contributed by atoms with Crippen LogP contribution < -0.4 is 40.0 Å². The maximum atomic E-state index is 11.6. The molecule has 0 bridgehead atoms. The van der Waals surface area contributed by atoms with E-state index in [0.717, 1.165) is 18.6 Å². The molecular formula is C10H15N2NaO3S. The van der Waals surface area contributed by atoms with E-state index in [1.54, 1.807) is 0 Å². The van der Waals surface area contributed by atoms with Crippen molar-refractivity contribution in [2.24, 2.45) is 10.4 Å². The molecule has 1 aliphatic heterocycles. The van der Waals surface area contributed by atoms with Crippen molar-refractivity contribution >= 4 is 29.6 Å². The van der Waals surface area contributed by atoms with Crippen molar-refractivity contribution in [3.8, 4) is 0 Å². The zero-order valence-corrected chi connectivity index (χ0v) is 13.2. The maximum Gasteiger partial charge on any atom is 1.00 e. The second kappa shape index (κ2) is 7.41. The van der Waals surface area contributed by atoms with E-state index in [0.29, 0.717) is 5.75 Å². The molecule has 0 saturated carbocycles. The summed E-state index contributed by atoms with van der Waals surface area (Å²) in [7, 11) is 0. The van der Waals surface area contributed by atoms with Gasteiger partial charge in [0.1, 0.15) is 5.41 Å². The first-order valence-electron chi connectivity index (χ1n) is 5.20. The molecule has 7 heteroatoms. The van der Waals surface area contributed by atoms with E-state index < -0.39 is 23.3 Å². The standard InChI is InChI=1S/C10H16N2O3S.Na/c1-3-4-5-16-6-10(2)7(13)11-9(15)12-8(10)14;/h3-6H2,1-2H3,(H2,11,12,13,14,15);/q;+1/p-1. The van der Waals surface area contributed by atoms with Crippen molar-refractivity contribution in [1.29, 1.82) is 0 Å². The van der Waals surface area contributed by atoms with Crippen LogP contribution in [0.5, 0.6) is 0 Å². The normalized spacial score (nSPS) is 23.8. The maximum absolute atomic E-state index is 11.6. The van der Waals surface area contributed by atoms with Crippen LogP contribution in [0, 0.1) is 5.41 Å². The molecule has 0 saturated heterocycles. The third-order valence-electron chi connectivity index (χ3n) is 2.43. The van der Waals surface area contributed by atoms with E-state index in [9.17, 15) is 14.7 Å². The van der Waals surface area contributed by atoms with Crippen LogP contribution in [0.1, 0.15) is 26.7 Å². The van der Waals surface area contributed by atoms with Crippen LogP contribution in [0.2, 0.25) is 0 Å². The summed E-state index contributed by atoms with van der Waals surface area (Å²) in [5.41, 5.74) is -1.19. The SMILES string of the molecule is CCCCSCC1(C)C(=O)N=C([O-])NC1=O.[Na+]. The van der Waals surface area contributed by atoms with Gasteiger partial charge in [0.2, 0.25) is 5.91 Å². The third-order valence-corrected chi connectivity index (χ3v) is 3.79. The molecule has 0 fully saturated rings. The number of aliphatic imine (C=N–C) groups is 1. The number of nitrogens with one attached hydrogen (secondary N) is 1. The summed E-state index contributed by atoms with van der Waals surface area (Å²) in [5.74, 6) is 0.0986. The van der Waals surface area contributed by atoms with Gasteiger partial charge >= 0.3 is 29.6 Å². The van der Waals surface area contributed by atoms with Crippen molar-refractivity contribution < 1.29 is 44.3 Å². The number of unbranched alkanes of at least 4 members (excludes halogenated alkanes) is 1. The number of carbonyl (C=O) groups excluding carboxylic acids is 2. The molecule has 90 valence electrons. The number of amidine groups is 1. The molecule has 1 rings (SSSR count). The molecule has 2 amide bonds. The number of carbonyl (C=O) groups is 2. The molecule has 1 heterocycles. The van der Waals surface area contributed by atoms with Gasteiger partial charge in [-0.2, -0.15) is 11.8 Å². The molecule has 0 radical (unpaired) electrons. The quantitative estimate of drug-likeness (QED) is 0.325. The number of rotatable bonds is 5. The smallest absolute Gasteiger partial charge is 0.846 e. The predicted octanol–water partition coefficient (Wildman–Crippen LogP) is -3.10. The summed E-state index contributed by atoms with van der Waals surface area (Å²) in [6.07, 6.45) is 2.12. The van der Waals surface area contributed by atoms with E-state index in [2.05, 4.69) is 17.2 Å². The molecule has 0 aromatic carbocycles. The molecule has 0 spiro atoms. The largest absolute Gasteiger partial charge is 1.00 e. The Morgan fingerprint density at radius 3 is 2.65 bits per heavy atom. The van der Waals surface area contributed by atoms with Gasteiger partial charge in [-0.05, 0) is 19.1 Å². The van der Waals surface area contributed by atoms with Crippen LogP contribution in [0.3, 0.4) is 0 Å². The van der Waals surface area contributed by atoms with Crippen LogP contribution in [-0.2, 0) is 9.59 Å². The summed E-state index contributed by atoms with van der Waals surface area (Å²) in [6, 6.07) is -0.856. The summed E-state index contributed by atoms with van der Waals surface area (Å²) in [6.45, 7) is 3.61. The first kappa shape index (κ1) is 17.0. The Labute approximate surface area is 127 Å². The van der Waals surface area contributed by atoms with Gasteiger partial charge in [0, 0.05) is 5.75 Å². The van der Waals surface area contributed by atoms with Gasteiger partial charge in [-0.3, -0.25) is 9.59 Å². The Morgan fingerprint density at radius 2 is 2.12 bits per heavy atom. The van der Waals surface area contributed by atoms with Crippen LogP contribution in [0.4, 0.5) is 0 Å². The van der Waals surface area contributed by atoms with Gasteiger partial charge in [0.05, 0.1) is 6.02 Å². The minimum absolute atomic E-state index is 0. The third kappa shape index (κ3) is 4.28. The number of nitrogens with zero attached hydrogens (tertiary/aromatic N) is 1. The first-order chi connectivity index (χ1) is 7.50. The monoisotopic (exact) mass is 266 g/mol. The van der Waals surface area contributed by atoms with E-state index in [1.165, 1.54) is 18.7 Å². The van der Waals surface area contributed by atoms with Crippen molar-refractivity contribution in [1.82, 2.24) is 5.32 Å². The number of amides is 2. The van der Waals surface area contributed by atoms with E-state index in [4.69, 9.17) is 0 Å². The second-order valence-electron chi connectivity index (χ2n) is 3.91. The Balaban J connectivity index is 0.00000256. The molecule has 1 atom stereocenters. The molecule has 0 aromatic rings. The van der Waals surface area contributed by atoms with Gasteiger partial charge in [-0.25, -0.2) is 4.99 Å². The van der Waals surface area contributed by atoms with Crippen molar-refractivity contribution in [2.75, 3.05) is 11.5 Å². The fourth-order valence-corrected chi connectivity index (χ4v) is 2.53. The van der Waals surface area contributed by atoms with Gasteiger partial charge in [-0.15, -0.1) is 0 Å². The summed E-state index contributed by atoms with van der Waals surface area (Å²) < 4.78 is 0. The summed E-state index contributed by atoms with van der Waals surface area (Å²) in [5, 5.41) is 12.9. The van der Waals surface area contributed by atoms with Gasteiger partial charge in [-0.1, -0.05) is 13.3 Å². The zero-order chi connectivity index (χ0) is 12.2. The molecule has 0 aromatic heterocycles. The zero-order valence-electron chi connectivity index (χ0n) is 10.4. The van der Waals surface area contributed by atoms with Crippen LogP contribution in [-0.4, -0.2) is 29.3 Å². The molecule has 0 aliphatic carbocycles. The first-order valence-corrected chi connectivity index (χ1v) is 6.35. The molecule has 17 heavy (non-hydrogen) atoms. The summed E-state index contributed by atoms with van der Waals surface area (Å²) in [4.78, 5) is 26.4. The Morgan fingerprint density at radius 1 is 1.47 bits per heavy atom. The second-order valence-corrected chi connectivity index (χ2v) is 5.02.